The summed E-state index contributed by atoms with van der Waals surface area (Å²) >= 11 is 5.69. The van der Waals surface area contributed by atoms with E-state index in [1.807, 2.05) is 37.3 Å². The standard InChI is InChI=1S/C19H15BrINO4/c1-3-25-17-14(20)8-11(10-16(17)24-2)9-15-19(23)26-18(22-15)12-4-6-13(21)7-5-12/h4-10H,3H2,1-2H3/b15-9-. The highest BCUT2D eigenvalue weighted by Crippen LogP contribution is 2.37. The minimum absolute atomic E-state index is 0.233. The number of nitrogens with zero attached hydrogens (tertiary/aromatic N) is 1. The maximum absolute atomic E-state index is 12.2. The summed E-state index contributed by atoms with van der Waals surface area (Å²) in [4.78, 5) is 16.5. The van der Waals surface area contributed by atoms with Crippen LogP contribution >= 0.6 is 38.5 Å². The zero-order valence-electron chi connectivity index (χ0n) is 14.1. The fraction of sp³-hybridized carbons (Fsp3) is 0.158. The number of hydrogen-bond acceptors (Lipinski definition) is 5. The van der Waals surface area contributed by atoms with E-state index in [-0.39, 0.29) is 5.70 Å². The summed E-state index contributed by atoms with van der Waals surface area (Å²) in [5.74, 6) is 1.01. The molecule has 0 atom stereocenters. The van der Waals surface area contributed by atoms with Gasteiger partial charge in [-0.2, -0.15) is 0 Å². The highest BCUT2D eigenvalue weighted by molar-refractivity contribution is 14.1. The first-order valence-corrected chi connectivity index (χ1v) is 9.67. The molecule has 2 aromatic rings. The van der Waals surface area contributed by atoms with Crippen molar-refractivity contribution < 1.29 is 19.0 Å². The minimum atomic E-state index is -0.484. The van der Waals surface area contributed by atoms with E-state index < -0.39 is 5.97 Å². The predicted octanol–water partition coefficient (Wildman–Crippen LogP) is 4.81. The number of esters is 1. The average molecular weight is 528 g/mol. The van der Waals surface area contributed by atoms with Gasteiger partial charge in [-0.3, -0.25) is 0 Å². The Morgan fingerprint density at radius 2 is 2.00 bits per heavy atom. The number of cyclic esters (lactones) is 1. The molecule has 2 aromatic carbocycles. The van der Waals surface area contributed by atoms with Gasteiger partial charge < -0.3 is 14.2 Å². The lowest BCUT2D eigenvalue weighted by molar-refractivity contribution is -0.129. The molecule has 134 valence electrons. The van der Waals surface area contributed by atoms with E-state index in [0.717, 1.165) is 19.2 Å². The Morgan fingerprint density at radius 1 is 1.27 bits per heavy atom. The molecule has 0 aromatic heterocycles. The Morgan fingerprint density at radius 3 is 2.65 bits per heavy atom. The number of methoxy groups -OCH3 is 1. The van der Waals surface area contributed by atoms with E-state index in [1.165, 1.54) is 0 Å². The summed E-state index contributed by atoms with van der Waals surface area (Å²) < 4.78 is 18.1. The lowest BCUT2D eigenvalue weighted by Crippen LogP contribution is -2.05. The van der Waals surface area contributed by atoms with Crippen LogP contribution in [0, 0.1) is 3.57 Å². The van der Waals surface area contributed by atoms with Crippen molar-refractivity contribution in [3.8, 4) is 11.5 Å². The van der Waals surface area contributed by atoms with Crippen molar-refractivity contribution in [1.82, 2.24) is 0 Å². The van der Waals surface area contributed by atoms with E-state index in [1.54, 1.807) is 19.3 Å². The number of ether oxygens (including phenoxy) is 3. The van der Waals surface area contributed by atoms with Gasteiger partial charge >= 0.3 is 5.97 Å². The van der Waals surface area contributed by atoms with E-state index >= 15 is 0 Å². The summed E-state index contributed by atoms with van der Waals surface area (Å²) in [5.41, 5.74) is 1.74. The Hall–Kier alpha value is -1.87. The van der Waals surface area contributed by atoms with Gasteiger partial charge in [0.25, 0.3) is 0 Å². The van der Waals surface area contributed by atoms with Gasteiger partial charge in [-0.1, -0.05) is 0 Å². The number of aliphatic imine (C=N–C) groups is 1. The predicted molar refractivity (Wildman–Crippen MR) is 112 cm³/mol. The summed E-state index contributed by atoms with van der Waals surface area (Å²) in [6.45, 7) is 2.42. The van der Waals surface area contributed by atoms with Crippen molar-refractivity contribution in [1.29, 1.82) is 0 Å². The van der Waals surface area contributed by atoms with Gasteiger partial charge in [-0.05, 0) is 93.5 Å². The number of halogens is 2. The molecule has 0 saturated heterocycles. The SMILES string of the molecule is CCOc1c(Br)cc(/C=C2\N=C(c3ccc(I)cc3)OC2=O)cc1OC. The maximum Gasteiger partial charge on any atom is 0.363 e. The molecule has 0 amide bonds. The van der Waals surface area contributed by atoms with Crippen molar-refractivity contribution >= 4 is 56.5 Å². The lowest BCUT2D eigenvalue weighted by atomic mass is 10.1. The summed E-state index contributed by atoms with van der Waals surface area (Å²) in [6, 6.07) is 11.2. The van der Waals surface area contributed by atoms with Crippen molar-refractivity contribution in [3.05, 3.63) is 61.3 Å². The van der Waals surface area contributed by atoms with Crippen LogP contribution in [-0.2, 0) is 9.53 Å². The summed E-state index contributed by atoms with van der Waals surface area (Å²) in [6.07, 6.45) is 1.66. The molecule has 26 heavy (non-hydrogen) atoms. The second-order valence-electron chi connectivity index (χ2n) is 5.31. The van der Waals surface area contributed by atoms with Crippen LogP contribution in [0.4, 0.5) is 0 Å². The van der Waals surface area contributed by atoms with Gasteiger partial charge in [0.1, 0.15) is 0 Å². The van der Waals surface area contributed by atoms with Crippen LogP contribution in [0.1, 0.15) is 18.1 Å². The monoisotopic (exact) mass is 527 g/mol. The molecule has 0 bridgehead atoms. The topological polar surface area (TPSA) is 57.1 Å². The third-order valence-corrected chi connectivity index (χ3v) is 4.86. The summed E-state index contributed by atoms with van der Waals surface area (Å²) in [5, 5.41) is 0. The van der Waals surface area contributed by atoms with Crippen molar-refractivity contribution in [2.75, 3.05) is 13.7 Å². The Kier molecular flexibility index (Phi) is 5.98. The van der Waals surface area contributed by atoms with Gasteiger partial charge in [0, 0.05) is 9.13 Å². The molecule has 0 aliphatic carbocycles. The van der Waals surface area contributed by atoms with E-state index in [0.29, 0.717) is 24.0 Å². The number of rotatable bonds is 5. The number of benzene rings is 2. The first-order chi connectivity index (χ1) is 12.5. The first-order valence-electron chi connectivity index (χ1n) is 7.80. The molecule has 0 radical (unpaired) electrons. The first kappa shape index (κ1) is 18.9. The molecule has 1 aliphatic rings. The molecule has 5 nitrogen and oxygen atoms in total. The average Bonchev–Trinajstić information content (AvgIpc) is 2.98. The van der Waals surface area contributed by atoms with Gasteiger partial charge in [-0.15, -0.1) is 0 Å². The molecule has 0 saturated carbocycles. The normalized spacial score (nSPS) is 15.0. The van der Waals surface area contributed by atoms with Crippen LogP contribution in [0.5, 0.6) is 11.5 Å². The zero-order valence-corrected chi connectivity index (χ0v) is 17.8. The van der Waals surface area contributed by atoms with Crippen LogP contribution in [0.15, 0.2) is 51.6 Å². The number of carbonyl (C=O) groups is 1. The molecule has 3 rings (SSSR count). The van der Waals surface area contributed by atoms with Crippen molar-refractivity contribution in [2.24, 2.45) is 4.99 Å². The Balaban J connectivity index is 1.95. The molecule has 1 heterocycles. The van der Waals surface area contributed by atoms with E-state index in [2.05, 4.69) is 43.5 Å². The highest BCUT2D eigenvalue weighted by Gasteiger charge is 2.24. The third kappa shape index (κ3) is 4.09. The number of carbonyl (C=O) groups excluding carboxylic acids is 1. The van der Waals surface area contributed by atoms with Crippen LogP contribution in [0.25, 0.3) is 6.08 Å². The van der Waals surface area contributed by atoms with Gasteiger partial charge in [-0.25, -0.2) is 9.79 Å². The molecule has 0 fully saturated rings. The van der Waals surface area contributed by atoms with Gasteiger partial charge in [0.15, 0.2) is 17.2 Å². The number of hydrogen-bond donors (Lipinski definition) is 0. The lowest BCUT2D eigenvalue weighted by Gasteiger charge is -2.12. The molecular formula is C19H15BrINO4. The second kappa shape index (κ2) is 8.22. The molecule has 0 unspecified atom stereocenters. The van der Waals surface area contributed by atoms with E-state index in [9.17, 15) is 4.79 Å². The Labute approximate surface area is 173 Å². The molecule has 1 aliphatic heterocycles. The largest absolute Gasteiger partial charge is 0.493 e. The van der Waals surface area contributed by atoms with E-state index in [4.69, 9.17) is 14.2 Å². The summed E-state index contributed by atoms with van der Waals surface area (Å²) in [7, 11) is 1.57. The molecule has 0 N–H and O–H groups in total. The fourth-order valence-corrected chi connectivity index (χ4v) is 3.32. The fourth-order valence-electron chi connectivity index (χ4n) is 2.39. The van der Waals surface area contributed by atoms with Gasteiger partial charge in [0.05, 0.1) is 18.2 Å². The Bertz CT molecular complexity index is 907. The van der Waals surface area contributed by atoms with Crippen LogP contribution in [-0.4, -0.2) is 25.6 Å². The quantitative estimate of drug-likeness (QED) is 0.318. The molecule has 7 heteroatoms. The third-order valence-electron chi connectivity index (χ3n) is 3.56. The maximum atomic E-state index is 12.2. The van der Waals surface area contributed by atoms with Crippen LogP contribution in [0.2, 0.25) is 0 Å². The van der Waals surface area contributed by atoms with Crippen LogP contribution in [0.3, 0.4) is 0 Å². The molecule has 0 spiro atoms. The molecular weight excluding hydrogens is 513 g/mol. The highest BCUT2D eigenvalue weighted by atomic mass is 127. The zero-order chi connectivity index (χ0) is 18.7. The smallest absolute Gasteiger partial charge is 0.363 e. The minimum Gasteiger partial charge on any atom is -0.493 e. The van der Waals surface area contributed by atoms with Crippen LogP contribution < -0.4 is 9.47 Å². The second-order valence-corrected chi connectivity index (χ2v) is 7.41. The van der Waals surface area contributed by atoms with Crippen molar-refractivity contribution in [3.63, 3.8) is 0 Å². The van der Waals surface area contributed by atoms with Gasteiger partial charge in [0.2, 0.25) is 5.90 Å². The van der Waals surface area contributed by atoms with Crippen molar-refractivity contribution in [2.45, 2.75) is 6.92 Å².